The predicted molar refractivity (Wildman–Crippen MR) is 103 cm³/mol. The number of alkyl halides is 3. The molecule has 1 saturated heterocycles. The van der Waals surface area contributed by atoms with Crippen LogP contribution >= 0.6 is 0 Å². The summed E-state index contributed by atoms with van der Waals surface area (Å²) in [6.07, 6.45) is -3.67. The number of carbonyl (C=O) groups excluding carboxylic acids is 2. The zero-order valence-electron chi connectivity index (χ0n) is 16.4. The van der Waals surface area contributed by atoms with Gasteiger partial charge in [0.2, 0.25) is 0 Å². The van der Waals surface area contributed by atoms with Crippen LogP contribution in [0.1, 0.15) is 24.1 Å². The van der Waals surface area contributed by atoms with Crippen molar-refractivity contribution in [2.45, 2.75) is 32.0 Å². The van der Waals surface area contributed by atoms with Crippen LogP contribution in [0.2, 0.25) is 0 Å². The number of aryl methyl sites for hydroxylation is 1. The monoisotopic (exact) mass is 419 g/mol. The molecule has 2 aliphatic heterocycles. The summed E-state index contributed by atoms with van der Waals surface area (Å²) in [5, 5.41) is 0. The lowest BCUT2D eigenvalue weighted by molar-refractivity contribution is -0.146. The lowest BCUT2D eigenvalue weighted by Crippen LogP contribution is -2.56. The molecule has 1 aromatic heterocycles. The molecule has 0 bridgehead atoms. The highest BCUT2D eigenvalue weighted by atomic mass is 19.4. The minimum absolute atomic E-state index is 0.262. The van der Waals surface area contributed by atoms with Gasteiger partial charge in [0.25, 0.3) is 5.91 Å². The molecule has 1 aromatic carbocycles. The van der Waals surface area contributed by atoms with Crippen molar-refractivity contribution in [1.82, 2.24) is 4.98 Å². The van der Waals surface area contributed by atoms with Gasteiger partial charge in [0.05, 0.1) is 24.3 Å². The summed E-state index contributed by atoms with van der Waals surface area (Å²) in [7, 11) is 1.31. The maximum atomic E-state index is 13.4. The molecule has 2 aliphatic rings. The molecule has 0 radical (unpaired) electrons. The van der Waals surface area contributed by atoms with Crippen LogP contribution in [0.15, 0.2) is 36.4 Å². The van der Waals surface area contributed by atoms with E-state index in [1.165, 1.54) is 24.1 Å². The van der Waals surface area contributed by atoms with Gasteiger partial charge < -0.3 is 9.64 Å². The first-order valence-electron chi connectivity index (χ1n) is 9.54. The van der Waals surface area contributed by atoms with E-state index in [-0.39, 0.29) is 18.3 Å². The van der Waals surface area contributed by atoms with Crippen LogP contribution < -0.4 is 9.80 Å². The summed E-state index contributed by atoms with van der Waals surface area (Å²) in [6, 6.07) is 7.32. The SMILES string of the molecule is COC(=O)C1CCN2c3nc(C)ccc3N(c3ccc(C(F)(F)F)cc3)C(=O)C2C1. The zero-order valence-corrected chi connectivity index (χ0v) is 16.4. The largest absolute Gasteiger partial charge is 0.469 e. The lowest BCUT2D eigenvalue weighted by Gasteiger charge is -2.45. The number of methoxy groups -OCH3 is 1. The van der Waals surface area contributed by atoms with Gasteiger partial charge in [0.1, 0.15) is 6.04 Å². The minimum atomic E-state index is -4.46. The number of piperidine rings is 1. The van der Waals surface area contributed by atoms with E-state index >= 15 is 0 Å². The second-order valence-corrected chi connectivity index (χ2v) is 7.47. The highest BCUT2D eigenvalue weighted by molar-refractivity contribution is 6.10. The Bertz CT molecular complexity index is 991. The van der Waals surface area contributed by atoms with Crippen molar-refractivity contribution >= 4 is 29.1 Å². The van der Waals surface area contributed by atoms with E-state index in [2.05, 4.69) is 4.98 Å². The number of hydrogen-bond donors (Lipinski definition) is 0. The average molecular weight is 419 g/mol. The second kappa shape index (κ2) is 7.30. The zero-order chi connectivity index (χ0) is 21.6. The fourth-order valence-corrected chi connectivity index (χ4v) is 4.09. The van der Waals surface area contributed by atoms with Gasteiger partial charge >= 0.3 is 12.1 Å². The molecular formula is C21H20F3N3O3. The number of anilines is 3. The first kappa shape index (κ1) is 20.2. The summed E-state index contributed by atoms with van der Waals surface area (Å²) in [5.41, 5.74) is 0.796. The number of nitrogens with zero attached hydrogens (tertiary/aromatic N) is 3. The lowest BCUT2D eigenvalue weighted by atomic mass is 9.88. The number of aromatic nitrogens is 1. The summed E-state index contributed by atoms with van der Waals surface area (Å²) in [5.74, 6) is -0.503. The van der Waals surface area contributed by atoms with Gasteiger partial charge in [-0.3, -0.25) is 14.5 Å². The normalized spacial score (nSPS) is 21.2. The molecule has 0 saturated carbocycles. The van der Waals surface area contributed by atoms with Gasteiger partial charge in [-0.05, 0) is 56.2 Å². The van der Waals surface area contributed by atoms with E-state index in [0.29, 0.717) is 30.2 Å². The number of fused-ring (bicyclic) bond motifs is 3. The number of carbonyl (C=O) groups is 2. The molecular weight excluding hydrogens is 399 g/mol. The van der Waals surface area contributed by atoms with Gasteiger partial charge in [-0.1, -0.05) is 0 Å². The van der Waals surface area contributed by atoms with Crippen LogP contribution in [-0.2, 0) is 20.5 Å². The predicted octanol–water partition coefficient (Wildman–Crippen LogP) is 3.85. The van der Waals surface area contributed by atoms with E-state index in [4.69, 9.17) is 4.74 Å². The molecule has 0 spiro atoms. The number of rotatable bonds is 2. The highest BCUT2D eigenvalue weighted by Gasteiger charge is 2.45. The van der Waals surface area contributed by atoms with Gasteiger partial charge in [-0.25, -0.2) is 4.98 Å². The maximum Gasteiger partial charge on any atom is 0.416 e. The van der Waals surface area contributed by atoms with E-state index in [0.717, 1.165) is 17.8 Å². The van der Waals surface area contributed by atoms with Crippen molar-refractivity contribution in [2.75, 3.05) is 23.5 Å². The van der Waals surface area contributed by atoms with Crippen LogP contribution in [0.3, 0.4) is 0 Å². The Morgan fingerprint density at radius 1 is 1.17 bits per heavy atom. The average Bonchev–Trinajstić information content (AvgIpc) is 2.73. The van der Waals surface area contributed by atoms with Gasteiger partial charge in [0, 0.05) is 17.9 Å². The van der Waals surface area contributed by atoms with E-state index in [1.807, 2.05) is 11.8 Å². The third kappa shape index (κ3) is 3.38. The molecule has 0 N–H and O–H groups in total. The Labute approximate surface area is 171 Å². The molecule has 2 unspecified atom stereocenters. The standard InChI is InChI=1S/C21H20F3N3O3/c1-12-3-8-16-18(25-12)26-10-9-13(20(29)30-2)11-17(26)19(28)27(16)15-6-4-14(5-7-15)21(22,23)24/h3-8,13,17H,9-11H2,1-2H3. The Morgan fingerprint density at radius 3 is 2.50 bits per heavy atom. The summed E-state index contributed by atoms with van der Waals surface area (Å²) < 4.78 is 43.7. The Morgan fingerprint density at radius 2 is 1.87 bits per heavy atom. The first-order valence-corrected chi connectivity index (χ1v) is 9.54. The molecule has 6 nitrogen and oxygen atoms in total. The minimum Gasteiger partial charge on any atom is -0.469 e. The molecule has 1 fully saturated rings. The Hall–Kier alpha value is -3.10. The molecule has 2 aromatic rings. The molecule has 30 heavy (non-hydrogen) atoms. The number of halogens is 3. The fraction of sp³-hybridized carbons (Fsp3) is 0.381. The smallest absolute Gasteiger partial charge is 0.416 e. The molecule has 0 aliphatic carbocycles. The van der Waals surface area contributed by atoms with Crippen LogP contribution in [-0.4, -0.2) is 36.6 Å². The summed E-state index contributed by atoms with van der Waals surface area (Å²) in [4.78, 5) is 33.3. The number of esters is 1. The van der Waals surface area contributed by atoms with Crippen molar-refractivity contribution < 1.29 is 27.5 Å². The second-order valence-electron chi connectivity index (χ2n) is 7.47. The van der Waals surface area contributed by atoms with Crippen molar-refractivity contribution in [3.63, 3.8) is 0 Å². The molecule has 2 atom stereocenters. The van der Waals surface area contributed by atoms with Crippen molar-refractivity contribution in [3.05, 3.63) is 47.7 Å². The summed E-state index contributed by atoms with van der Waals surface area (Å²) >= 11 is 0. The molecule has 9 heteroatoms. The van der Waals surface area contributed by atoms with E-state index in [1.54, 1.807) is 12.1 Å². The van der Waals surface area contributed by atoms with Crippen molar-refractivity contribution in [2.24, 2.45) is 5.92 Å². The molecule has 4 rings (SSSR count). The topological polar surface area (TPSA) is 62.7 Å². The van der Waals surface area contributed by atoms with Gasteiger partial charge in [0.15, 0.2) is 5.82 Å². The van der Waals surface area contributed by atoms with Crippen molar-refractivity contribution in [1.29, 1.82) is 0 Å². The van der Waals surface area contributed by atoms with E-state index in [9.17, 15) is 22.8 Å². The highest BCUT2D eigenvalue weighted by Crippen LogP contribution is 2.43. The van der Waals surface area contributed by atoms with Crippen LogP contribution in [0, 0.1) is 12.8 Å². The third-order valence-corrected chi connectivity index (χ3v) is 5.60. The molecule has 158 valence electrons. The van der Waals surface area contributed by atoms with Crippen molar-refractivity contribution in [3.8, 4) is 0 Å². The Kier molecular flexibility index (Phi) is 4.91. The number of benzene rings is 1. The quantitative estimate of drug-likeness (QED) is 0.692. The number of ether oxygens (including phenoxy) is 1. The summed E-state index contributed by atoms with van der Waals surface area (Å²) in [6.45, 7) is 2.29. The van der Waals surface area contributed by atoms with Crippen LogP contribution in [0.25, 0.3) is 0 Å². The third-order valence-electron chi connectivity index (χ3n) is 5.60. The van der Waals surface area contributed by atoms with E-state index < -0.39 is 23.7 Å². The number of amides is 1. The van der Waals surface area contributed by atoms with Gasteiger partial charge in [-0.2, -0.15) is 13.2 Å². The molecule has 1 amide bonds. The number of hydrogen-bond acceptors (Lipinski definition) is 5. The van der Waals surface area contributed by atoms with Crippen LogP contribution in [0.5, 0.6) is 0 Å². The number of pyridine rings is 1. The van der Waals surface area contributed by atoms with Gasteiger partial charge in [-0.15, -0.1) is 0 Å². The van der Waals surface area contributed by atoms with Crippen LogP contribution in [0.4, 0.5) is 30.4 Å². The first-order chi connectivity index (χ1) is 14.2. The fourth-order valence-electron chi connectivity index (χ4n) is 4.09. The Balaban J connectivity index is 1.77. The molecule has 3 heterocycles. The maximum absolute atomic E-state index is 13.4.